The summed E-state index contributed by atoms with van der Waals surface area (Å²) >= 11 is 6.01. The molecule has 1 aromatic heterocycles. The fourth-order valence-electron chi connectivity index (χ4n) is 1.82. The van der Waals surface area contributed by atoms with Gasteiger partial charge >= 0.3 is 0 Å². The summed E-state index contributed by atoms with van der Waals surface area (Å²) in [7, 11) is 0. The summed E-state index contributed by atoms with van der Waals surface area (Å²) in [5, 5.41) is 3.47. The van der Waals surface area contributed by atoms with Crippen LogP contribution in [-0.2, 0) is 6.54 Å². The van der Waals surface area contributed by atoms with Gasteiger partial charge in [0.25, 0.3) is 5.56 Å². The van der Waals surface area contributed by atoms with E-state index in [1.54, 1.807) is 16.7 Å². The maximum atomic E-state index is 11.5. The lowest BCUT2D eigenvalue weighted by Gasteiger charge is -2.31. The standard InChI is InChI=1S/C13H21ClN2O/c1-3-13(4-2,11-14)15-8-10-16-9-6-5-7-12(16)17/h5-7,9,15H,3-4,8,10-11H2,1-2H3. The number of nitrogens with zero attached hydrogens (tertiary/aromatic N) is 1. The molecule has 96 valence electrons. The van der Waals surface area contributed by atoms with E-state index < -0.39 is 0 Å². The highest BCUT2D eigenvalue weighted by Gasteiger charge is 2.23. The first-order valence-corrected chi connectivity index (χ1v) is 6.67. The second kappa shape index (κ2) is 6.82. The second-order valence-electron chi connectivity index (χ2n) is 4.28. The molecule has 0 bridgehead atoms. The quantitative estimate of drug-likeness (QED) is 0.760. The fraction of sp³-hybridized carbons (Fsp3) is 0.615. The van der Waals surface area contributed by atoms with Crippen LogP contribution in [0.5, 0.6) is 0 Å². The van der Waals surface area contributed by atoms with Crippen molar-refractivity contribution in [1.29, 1.82) is 0 Å². The minimum Gasteiger partial charge on any atom is -0.314 e. The smallest absolute Gasteiger partial charge is 0.250 e. The van der Waals surface area contributed by atoms with E-state index in [2.05, 4.69) is 19.2 Å². The molecule has 0 radical (unpaired) electrons. The monoisotopic (exact) mass is 256 g/mol. The summed E-state index contributed by atoms with van der Waals surface area (Å²) in [6, 6.07) is 5.21. The van der Waals surface area contributed by atoms with Crippen LogP contribution in [0.1, 0.15) is 26.7 Å². The van der Waals surface area contributed by atoms with Gasteiger partial charge in [0, 0.05) is 36.8 Å². The minimum atomic E-state index is -0.0000560. The maximum Gasteiger partial charge on any atom is 0.250 e. The lowest BCUT2D eigenvalue weighted by atomic mass is 9.95. The summed E-state index contributed by atoms with van der Waals surface area (Å²) in [6.07, 6.45) is 3.80. The maximum absolute atomic E-state index is 11.5. The first-order chi connectivity index (χ1) is 8.17. The summed E-state index contributed by atoms with van der Waals surface area (Å²) in [4.78, 5) is 11.5. The van der Waals surface area contributed by atoms with Gasteiger partial charge in [-0.25, -0.2) is 0 Å². The molecule has 1 rings (SSSR count). The van der Waals surface area contributed by atoms with Crippen LogP contribution in [0, 0.1) is 0 Å². The van der Waals surface area contributed by atoms with Crippen LogP contribution in [0.2, 0.25) is 0 Å². The van der Waals surface area contributed by atoms with Crippen LogP contribution >= 0.6 is 11.6 Å². The molecule has 0 fully saturated rings. The highest BCUT2D eigenvalue weighted by atomic mass is 35.5. The molecule has 3 nitrogen and oxygen atoms in total. The zero-order chi connectivity index (χ0) is 12.7. The van der Waals surface area contributed by atoms with Crippen LogP contribution in [0.25, 0.3) is 0 Å². The number of hydrogen-bond donors (Lipinski definition) is 1. The van der Waals surface area contributed by atoms with E-state index in [9.17, 15) is 4.79 Å². The first kappa shape index (κ1) is 14.3. The molecule has 17 heavy (non-hydrogen) atoms. The van der Waals surface area contributed by atoms with Crippen LogP contribution in [-0.4, -0.2) is 22.5 Å². The zero-order valence-corrected chi connectivity index (χ0v) is 11.3. The molecule has 1 heterocycles. The summed E-state index contributed by atoms with van der Waals surface area (Å²) in [5.41, 5.74) is 0.0405. The normalized spacial score (nSPS) is 11.7. The predicted molar refractivity (Wildman–Crippen MR) is 72.7 cm³/mol. The molecule has 0 unspecified atom stereocenters. The molecule has 1 N–H and O–H groups in total. The number of rotatable bonds is 7. The van der Waals surface area contributed by atoms with Gasteiger partial charge in [-0.15, -0.1) is 11.6 Å². The molecular weight excluding hydrogens is 236 g/mol. The van der Waals surface area contributed by atoms with Crippen molar-refractivity contribution in [3.05, 3.63) is 34.7 Å². The van der Waals surface area contributed by atoms with Crippen molar-refractivity contribution in [2.75, 3.05) is 12.4 Å². The fourth-order valence-corrected chi connectivity index (χ4v) is 2.30. The molecule has 4 heteroatoms. The Kier molecular flexibility index (Phi) is 5.72. The van der Waals surface area contributed by atoms with Crippen molar-refractivity contribution in [2.24, 2.45) is 0 Å². The zero-order valence-electron chi connectivity index (χ0n) is 10.6. The summed E-state index contributed by atoms with van der Waals surface area (Å²) in [6.45, 7) is 5.71. The third kappa shape index (κ3) is 3.86. The molecule has 0 aliphatic heterocycles. The van der Waals surface area contributed by atoms with Crippen LogP contribution in [0.3, 0.4) is 0 Å². The van der Waals surface area contributed by atoms with E-state index in [-0.39, 0.29) is 11.1 Å². The number of alkyl halides is 1. The highest BCUT2D eigenvalue weighted by Crippen LogP contribution is 2.16. The third-order valence-electron chi connectivity index (χ3n) is 3.36. The molecule has 0 saturated carbocycles. The second-order valence-corrected chi connectivity index (χ2v) is 4.55. The average Bonchev–Trinajstić information content (AvgIpc) is 2.37. The van der Waals surface area contributed by atoms with E-state index in [1.807, 2.05) is 12.3 Å². The number of halogens is 1. The van der Waals surface area contributed by atoms with Gasteiger partial charge in [0.1, 0.15) is 0 Å². The molecule has 0 spiro atoms. The molecule has 0 atom stereocenters. The van der Waals surface area contributed by atoms with Crippen molar-refractivity contribution in [3.63, 3.8) is 0 Å². The van der Waals surface area contributed by atoms with Crippen LogP contribution in [0.4, 0.5) is 0 Å². The molecule has 0 aromatic carbocycles. The number of aromatic nitrogens is 1. The Bertz CT molecular complexity index is 377. The summed E-state index contributed by atoms with van der Waals surface area (Å²) < 4.78 is 1.71. The lowest BCUT2D eigenvalue weighted by Crippen LogP contribution is -2.47. The lowest BCUT2D eigenvalue weighted by molar-refractivity contribution is 0.329. The number of hydrogen-bond acceptors (Lipinski definition) is 2. The molecule has 0 amide bonds. The SMILES string of the molecule is CCC(CC)(CCl)NCCn1ccccc1=O. The number of pyridine rings is 1. The average molecular weight is 257 g/mol. The Labute approximate surface area is 108 Å². The van der Waals surface area contributed by atoms with Gasteiger partial charge in [0.05, 0.1) is 0 Å². The van der Waals surface area contributed by atoms with E-state index in [4.69, 9.17) is 11.6 Å². The van der Waals surface area contributed by atoms with Crippen molar-refractivity contribution in [1.82, 2.24) is 9.88 Å². The van der Waals surface area contributed by atoms with Crippen LogP contribution < -0.4 is 10.9 Å². The van der Waals surface area contributed by atoms with Crippen molar-refractivity contribution < 1.29 is 0 Å². The van der Waals surface area contributed by atoms with Gasteiger partial charge < -0.3 is 9.88 Å². The van der Waals surface area contributed by atoms with Gasteiger partial charge in [-0.3, -0.25) is 4.79 Å². The van der Waals surface area contributed by atoms with Gasteiger partial charge in [-0.1, -0.05) is 19.9 Å². The van der Waals surface area contributed by atoms with E-state index in [1.165, 1.54) is 0 Å². The highest BCUT2D eigenvalue weighted by molar-refractivity contribution is 6.18. The van der Waals surface area contributed by atoms with Crippen molar-refractivity contribution in [3.8, 4) is 0 Å². The largest absolute Gasteiger partial charge is 0.314 e. The Balaban J connectivity index is 2.52. The molecule has 1 aromatic rings. The Morgan fingerprint density at radius 3 is 2.59 bits per heavy atom. The van der Waals surface area contributed by atoms with E-state index in [0.717, 1.165) is 19.4 Å². The van der Waals surface area contributed by atoms with Crippen molar-refractivity contribution in [2.45, 2.75) is 38.8 Å². The van der Waals surface area contributed by atoms with E-state index >= 15 is 0 Å². The molecule has 0 saturated heterocycles. The predicted octanol–water partition coefficient (Wildman–Crippen LogP) is 2.24. The van der Waals surface area contributed by atoms with Gasteiger partial charge in [-0.05, 0) is 18.9 Å². The number of nitrogens with one attached hydrogen (secondary N) is 1. The summed E-state index contributed by atoms with van der Waals surface area (Å²) in [5.74, 6) is 0.601. The van der Waals surface area contributed by atoms with Crippen LogP contribution in [0.15, 0.2) is 29.2 Å². The van der Waals surface area contributed by atoms with Crippen molar-refractivity contribution >= 4 is 11.6 Å². The van der Waals surface area contributed by atoms with Gasteiger partial charge in [0.15, 0.2) is 0 Å². The molecule has 0 aliphatic rings. The topological polar surface area (TPSA) is 34.0 Å². The van der Waals surface area contributed by atoms with Gasteiger partial charge in [-0.2, -0.15) is 0 Å². The first-order valence-electron chi connectivity index (χ1n) is 6.14. The minimum absolute atomic E-state index is 0.0000560. The molecule has 0 aliphatic carbocycles. The molecular formula is C13H21ClN2O. The van der Waals surface area contributed by atoms with Gasteiger partial charge in [0.2, 0.25) is 0 Å². The van der Waals surface area contributed by atoms with E-state index in [0.29, 0.717) is 12.4 Å². The Hall–Kier alpha value is -0.800. The third-order valence-corrected chi connectivity index (χ3v) is 3.87. The Morgan fingerprint density at radius 1 is 1.35 bits per heavy atom. The Morgan fingerprint density at radius 2 is 2.06 bits per heavy atom.